The van der Waals surface area contributed by atoms with Crippen molar-refractivity contribution in [2.75, 3.05) is 18.4 Å². The fraction of sp³-hybridized carbons (Fsp3) is 0.458. The Kier molecular flexibility index (Phi) is 9.23. The maximum atomic E-state index is 13.4. The topological polar surface area (TPSA) is 104 Å². The largest absolute Gasteiger partial charge is 0.481 e. The van der Waals surface area contributed by atoms with E-state index in [4.69, 9.17) is 17.3 Å². The molecule has 0 aromatic carbocycles. The summed E-state index contributed by atoms with van der Waals surface area (Å²) in [5.41, 5.74) is 1.56. The molecule has 3 rings (SSSR count). The van der Waals surface area contributed by atoms with Crippen molar-refractivity contribution in [2.24, 2.45) is 0 Å². The number of anilines is 1. The average molecular weight is 503 g/mol. The van der Waals surface area contributed by atoms with Gasteiger partial charge in [-0.2, -0.15) is 0 Å². The lowest BCUT2D eigenvalue weighted by molar-refractivity contribution is -0.137. The highest BCUT2D eigenvalue weighted by Crippen LogP contribution is 2.33. The molecule has 8 nitrogen and oxygen atoms in total. The number of carbonyl (C=O) groups is 2. The Bertz CT molecular complexity index is 1180. The number of hydrogen-bond acceptors (Lipinski definition) is 7. The van der Waals surface area contributed by atoms with Gasteiger partial charge >= 0.3 is 5.97 Å². The Balaban J connectivity index is 1.86. The second kappa shape index (κ2) is 12.1. The van der Waals surface area contributed by atoms with Crippen molar-refractivity contribution in [3.63, 3.8) is 0 Å². The van der Waals surface area contributed by atoms with Crippen LogP contribution in [0, 0.1) is 6.92 Å². The standard InChI is InChI=1S/C24H30N4O4S2/c1-3-4-7-12-25-21-17(22(31)28-15-16(2)10-11-19(28)26-21)14-18-23(32)27(24(33)34-18)13-8-5-6-9-20(29)30/h10-11,14-15,25H,3-9,12-13H2,1-2H3,(H,29,30). The van der Waals surface area contributed by atoms with Crippen molar-refractivity contribution in [2.45, 2.75) is 58.8 Å². The van der Waals surface area contributed by atoms with Gasteiger partial charge in [0.2, 0.25) is 0 Å². The molecule has 34 heavy (non-hydrogen) atoms. The normalized spacial score (nSPS) is 15.0. The lowest BCUT2D eigenvalue weighted by Crippen LogP contribution is -2.29. The van der Waals surface area contributed by atoms with Gasteiger partial charge in [0.05, 0.1) is 10.5 Å². The minimum Gasteiger partial charge on any atom is -0.481 e. The number of carboxylic acids is 1. The third-order valence-corrected chi connectivity index (χ3v) is 6.88. The third-order valence-electron chi connectivity index (χ3n) is 5.50. The number of nitrogens with zero attached hydrogens (tertiary/aromatic N) is 3. The highest BCUT2D eigenvalue weighted by atomic mass is 32.2. The van der Waals surface area contributed by atoms with E-state index in [1.165, 1.54) is 21.1 Å². The third kappa shape index (κ3) is 6.44. The summed E-state index contributed by atoms with van der Waals surface area (Å²) in [5.74, 6) is -0.596. The highest BCUT2D eigenvalue weighted by Gasteiger charge is 2.32. The van der Waals surface area contributed by atoms with E-state index in [9.17, 15) is 14.4 Å². The molecule has 0 atom stereocenters. The number of hydrogen-bond donors (Lipinski definition) is 2. The van der Waals surface area contributed by atoms with Crippen LogP contribution in [0.4, 0.5) is 5.82 Å². The van der Waals surface area contributed by atoms with Crippen LogP contribution in [0.2, 0.25) is 0 Å². The molecule has 1 amide bonds. The fourth-order valence-corrected chi connectivity index (χ4v) is 4.94. The molecule has 2 N–H and O–H groups in total. The number of amides is 1. The van der Waals surface area contributed by atoms with Crippen LogP contribution in [0.25, 0.3) is 11.7 Å². The predicted octanol–water partition coefficient (Wildman–Crippen LogP) is 4.45. The first-order valence-corrected chi connectivity index (χ1v) is 12.8. The van der Waals surface area contributed by atoms with Crippen molar-refractivity contribution < 1.29 is 14.7 Å². The summed E-state index contributed by atoms with van der Waals surface area (Å²) < 4.78 is 1.94. The molecule has 1 fully saturated rings. The van der Waals surface area contributed by atoms with Crippen LogP contribution in [0.15, 0.2) is 28.0 Å². The van der Waals surface area contributed by atoms with Gasteiger partial charge in [-0.15, -0.1) is 0 Å². The van der Waals surface area contributed by atoms with Gasteiger partial charge in [-0.1, -0.05) is 56.2 Å². The second-order valence-corrected chi connectivity index (χ2v) is 9.96. The van der Waals surface area contributed by atoms with E-state index in [0.29, 0.717) is 58.6 Å². The quantitative estimate of drug-likeness (QED) is 0.249. The van der Waals surface area contributed by atoms with E-state index < -0.39 is 5.97 Å². The first kappa shape index (κ1) is 25.9. The Morgan fingerprint density at radius 2 is 2.00 bits per heavy atom. The minimum absolute atomic E-state index is 0.116. The molecule has 2 aromatic rings. The minimum atomic E-state index is -0.821. The van der Waals surface area contributed by atoms with Gasteiger partial charge in [0.15, 0.2) is 0 Å². The SMILES string of the molecule is CCCCCNc1nc2ccc(C)cn2c(=O)c1C=C1SC(=S)N(CCCCCC(=O)O)C1=O. The zero-order valence-corrected chi connectivity index (χ0v) is 21.1. The van der Waals surface area contributed by atoms with Crippen molar-refractivity contribution >= 4 is 57.7 Å². The molecule has 1 aliphatic rings. The van der Waals surface area contributed by atoms with Crippen molar-refractivity contribution in [3.05, 3.63) is 44.7 Å². The van der Waals surface area contributed by atoms with Gasteiger partial charge in [0, 0.05) is 25.7 Å². The highest BCUT2D eigenvalue weighted by molar-refractivity contribution is 8.26. The molecule has 0 aliphatic carbocycles. The zero-order chi connectivity index (χ0) is 24.7. The molecular weight excluding hydrogens is 472 g/mol. The molecule has 0 spiro atoms. The molecule has 0 saturated carbocycles. The van der Waals surface area contributed by atoms with Crippen LogP contribution in [-0.2, 0) is 9.59 Å². The second-order valence-electron chi connectivity index (χ2n) is 8.29. The number of fused-ring (bicyclic) bond motifs is 1. The van der Waals surface area contributed by atoms with E-state index >= 15 is 0 Å². The number of nitrogens with one attached hydrogen (secondary N) is 1. The number of rotatable bonds is 12. The van der Waals surface area contributed by atoms with E-state index in [1.54, 1.807) is 12.3 Å². The summed E-state index contributed by atoms with van der Waals surface area (Å²) in [6, 6.07) is 3.71. The zero-order valence-electron chi connectivity index (χ0n) is 19.5. The van der Waals surface area contributed by atoms with E-state index in [1.807, 2.05) is 19.1 Å². The number of thioether (sulfide) groups is 1. The van der Waals surface area contributed by atoms with Crippen LogP contribution < -0.4 is 10.9 Å². The molecule has 2 aromatic heterocycles. The van der Waals surface area contributed by atoms with Crippen molar-refractivity contribution in [1.82, 2.24) is 14.3 Å². The van der Waals surface area contributed by atoms with Crippen LogP contribution in [-0.4, -0.2) is 48.7 Å². The Morgan fingerprint density at radius 1 is 1.21 bits per heavy atom. The molecular formula is C24H30N4O4S2. The number of carbonyl (C=O) groups excluding carboxylic acids is 1. The van der Waals surface area contributed by atoms with Crippen LogP contribution in [0.1, 0.15) is 63.0 Å². The molecule has 1 aliphatic heterocycles. The maximum absolute atomic E-state index is 13.4. The Morgan fingerprint density at radius 3 is 2.74 bits per heavy atom. The van der Waals surface area contributed by atoms with E-state index in [2.05, 4.69) is 17.2 Å². The number of unbranched alkanes of at least 4 members (excludes halogenated alkanes) is 4. The van der Waals surface area contributed by atoms with Gasteiger partial charge in [0.1, 0.15) is 15.8 Å². The lowest BCUT2D eigenvalue weighted by atomic mass is 10.2. The summed E-state index contributed by atoms with van der Waals surface area (Å²) in [4.78, 5) is 43.6. The lowest BCUT2D eigenvalue weighted by Gasteiger charge is -2.14. The van der Waals surface area contributed by atoms with Gasteiger partial charge in [0.25, 0.3) is 11.5 Å². The Labute approximate surface area is 208 Å². The molecule has 0 unspecified atom stereocenters. The van der Waals surface area contributed by atoms with Crippen LogP contribution in [0.5, 0.6) is 0 Å². The van der Waals surface area contributed by atoms with Crippen LogP contribution >= 0.6 is 24.0 Å². The fourth-order valence-electron chi connectivity index (χ4n) is 3.65. The number of aliphatic carboxylic acids is 1. The molecule has 0 bridgehead atoms. The van der Waals surface area contributed by atoms with Gasteiger partial charge in [-0.05, 0) is 43.9 Å². The summed E-state index contributed by atoms with van der Waals surface area (Å²) in [6.07, 6.45) is 8.48. The summed E-state index contributed by atoms with van der Waals surface area (Å²) in [6.45, 7) is 5.14. The van der Waals surface area contributed by atoms with Gasteiger partial charge in [-0.3, -0.25) is 23.7 Å². The molecule has 0 radical (unpaired) electrons. The number of carboxylic acid groups (broad SMARTS) is 1. The average Bonchev–Trinajstić information content (AvgIpc) is 3.06. The first-order valence-electron chi connectivity index (χ1n) is 11.6. The van der Waals surface area contributed by atoms with Gasteiger partial charge < -0.3 is 10.4 Å². The van der Waals surface area contributed by atoms with Crippen LogP contribution in [0.3, 0.4) is 0 Å². The smallest absolute Gasteiger partial charge is 0.303 e. The van der Waals surface area contributed by atoms with E-state index in [0.717, 1.165) is 24.8 Å². The van der Waals surface area contributed by atoms with Crippen molar-refractivity contribution in [1.29, 1.82) is 0 Å². The summed E-state index contributed by atoms with van der Waals surface area (Å²) >= 11 is 6.58. The molecule has 182 valence electrons. The maximum Gasteiger partial charge on any atom is 0.303 e. The summed E-state index contributed by atoms with van der Waals surface area (Å²) in [7, 11) is 0. The number of thiocarbonyl (C=S) groups is 1. The molecule has 1 saturated heterocycles. The van der Waals surface area contributed by atoms with Crippen molar-refractivity contribution in [3.8, 4) is 0 Å². The molecule has 10 heteroatoms. The molecule has 3 heterocycles. The Hall–Kier alpha value is -2.72. The number of pyridine rings is 1. The number of aromatic nitrogens is 2. The summed E-state index contributed by atoms with van der Waals surface area (Å²) in [5, 5.41) is 12.0. The predicted molar refractivity (Wildman–Crippen MR) is 140 cm³/mol. The van der Waals surface area contributed by atoms with Gasteiger partial charge in [-0.25, -0.2) is 4.98 Å². The monoisotopic (exact) mass is 502 g/mol. The van der Waals surface area contributed by atoms with E-state index in [-0.39, 0.29) is 17.9 Å². The first-order chi connectivity index (χ1) is 16.3. The number of aryl methyl sites for hydroxylation is 1.